The van der Waals surface area contributed by atoms with E-state index in [0.717, 1.165) is 25.9 Å². The van der Waals surface area contributed by atoms with Crippen LogP contribution in [-0.2, 0) is 6.54 Å². The van der Waals surface area contributed by atoms with Crippen LogP contribution in [0.3, 0.4) is 0 Å². The third kappa shape index (κ3) is 5.58. The predicted octanol–water partition coefficient (Wildman–Crippen LogP) is 3.55. The van der Waals surface area contributed by atoms with Gasteiger partial charge in [0.1, 0.15) is 5.75 Å². The summed E-state index contributed by atoms with van der Waals surface area (Å²) < 4.78 is 29.4. The average molecular weight is 341 g/mol. The van der Waals surface area contributed by atoms with Gasteiger partial charge in [-0.15, -0.1) is 12.4 Å². The fourth-order valence-electron chi connectivity index (χ4n) is 2.53. The molecule has 1 N–H and O–H groups in total. The van der Waals surface area contributed by atoms with Gasteiger partial charge in [0.05, 0.1) is 0 Å². The molecule has 0 bridgehead atoms. The molecule has 0 aromatic heterocycles. The highest BCUT2D eigenvalue weighted by atomic mass is 35.5. The average Bonchev–Trinajstić information content (AvgIpc) is 2.42. The lowest BCUT2D eigenvalue weighted by atomic mass is 10.0. The molecule has 3 nitrogen and oxygen atoms in total. The number of rotatable bonds is 5. The molecule has 7 heteroatoms. The molecule has 21 heavy (non-hydrogen) atoms. The first-order chi connectivity index (χ1) is 9.56. The van der Waals surface area contributed by atoms with Gasteiger partial charge in [-0.05, 0) is 51.2 Å². The van der Waals surface area contributed by atoms with Crippen LogP contribution in [0, 0.1) is 0 Å². The van der Waals surface area contributed by atoms with Crippen molar-refractivity contribution in [2.75, 3.05) is 20.1 Å². The minimum Gasteiger partial charge on any atom is -0.434 e. The summed E-state index contributed by atoms with van der Waals surface area (Å²) >= 11 is 5.95. The summed E-state index contributed by atoms with van der Waals surface area (Å²) in [4.78, 5) is 2.17. The Hall–Kier alpha value is -0.620. The molecule has 0 unspecified atom stereocenters. The Morgan fingerprint density at radius 3 is 2.67 bits per heavy atom. The number of halogens is 4. The van der Waals surface area contributed by atoms with E-state index in [1.54, 1.807) is 12.1 Å². The summed E-state index contributed by atoms with van der Waals surface area (Å²) in [5.41, 5.74) is 0.693. The first-order valence-electron chi connectivity index (χ1n) is 6.70. The molecule has 0 spiro atoms. The molecular formula is C14H20Cl2F2N2O. The van der Waals surface area contributed by atoms with Gasteiger partial charge in [-0.2, -0.15) is 8.78 Å². The summed E-state index contributed by atoms with van der Waals surface area (Å²) in [5.74, 6) is 0.199. The third-order valence-electron chi connectivity index (χ3n) is 3.59. The number of nitrogens with one attached hydrogen (secondary N) is 1. The first-order valence-corrected chi connectivity index (χ1v) is 7.08. The van der Waals surface area contributed by atoms with Crippen molar-refractivity contribution in [3.63, 3.8) is 0 Å². The SMILES string of the molecule is CN(Cc1cc(Cl)ccc1OC(F)F)C1CCNCC1.Cl. The van der Waals surface area contributed by atoms with Crippen molar-refractivity contribution in [1.29, 1.82) is 0 Å². The van der Waals surface area contributed by atoms with Crippen molar-refractivity contribution in [1.82, 2.24) is 10.2 Å². The zero-order valence-electron chi connectivity index (χ0n) is 11.8. The number of alkyl halides is 2. The fourth-order valence-corrected chi connectivity index (χ4v) is 2.72. The van der Waals surface area contributed by atoms with E-state index in [1.807, 2.05) is 7.05 Å². The minimum atomic E-state index is -2.82. The number of nitrogens with zero attached hydrogens (tertiary/aromatic N) is 1. The largest absolute Gasteiger partial charge is 0.434 e. The quantitative estimate of drug-likeness (QED) is 0.887. The fraction of sp³-hybridized carbons (Fsp3) is 0.571. The van der Waals surface area contributed by atoms with Gasteiger partial charge in [-0.25, -0.2) is 0 Å². The highest BCUT2D eigenvalue weighted by molar-refractivity contribution is 6.30. The van der Waals surface area contributed by atoms with Crippen molar-refractivity contribution in [2.45, 2.75) is 32.0 Å². The molecule has 0 atom stereocenters. The van der Waals surface area contributed by atoms with E-state index in [4.69, 9.17) is 11.6 Å². The van der Waals surface area contributed by atoms with Crippen LogP contribution in [0.4, 0.5) is 8.78 Å². The normalized spacial score (nSPS) is 16.1. The second-order valence-corrected chi connectivity index (χ2v) is 5.46. The van der Waals surface area contributed by atoms with Crippen LogP contribution in [0.25, 0.3) is 0 Å². The van der Waals surface area contributed by atoms with Gasteiger partial charge in [0.25, 0.3) is 0 Å². The third-order valence-corrected chi connectivity index (χ3v) is 3.83. The zero-order valence-corrected chi connectivity index (χ0v) is 13.4. The molecular weight excluding hydrogens is 321 g/mol. The lowest BCUT2D eigenvalue weighted by molar-refractivity contribution is -0.0508. The highest BCUT2D eigenvalue weighted by Gasteiger charge is 2.19. The molecule has 0 saturated carbocycles. The van der Waals surface area contributed by atoms with Crippen LogP contribution in [-0.4, -0.2) is 37.7 Å². The molecule has 1 fully saturated rings. The zero-order chi connectivity index (χ0) is 14.5. The van der Waals surface area contributed by atoms with E-state index >= 15 is 0 Å². The van der Waals surface area contributed by atoms with E-state index in [1.165, 1.54) is 6.07 Å². The molecule has 2 rings (SSSR count). The Morgan fingerprint density at radius 1 is 1.38 bits per heavy atom. The van der Waals surface area contributed by atoms with Crippen molar-refractivity contribution in [3.05, 3.63) is 28.8 Å². The number of hydrogen-bond acceptors (Lipinski definition) is 3. The van der Waals surface area contributed by atoms with Crippen molar-refractivity contribution in [2.24, 2.45) is 0 Å². The Kier molecular flexibility index (Phi) is 7.66. The Morgan fingerprint density at radius 2 is 2.05 bits per heavy atom. The number of hydrogen-bond donors (Lipinski definition) is 1. The van der Waals surface area contributed by atoms with Crippen molar-refractivity contribution < 1.29 is 13.5 Å². The standard InChI is InChI=1S/C14H19ClF2N2O.ClH/c1-19(12-4-6-18-7-5-12)9-10-8-11(15)2-3-13(10)20-14(16)17;/h2-3,8,12,14,18H,4-7,9H2,1H3;1H. The maximum atomic E-state index is 12.4. The molecule has 0 radical (unpaired) electrons. The van der Waals surface area contributed by atoms with Crippen molar-refractivity contribution in [3.8, 4) is 5.75 Å². The first kappa shape index (κ1) is 18.4. The number of ether oxygens (including phenoxy) is 1. The minimum absolute atomic E-state index is 0. The maximum absolute atomic E-state index is 12.4. The van der Waals surface area contributed by atoms with Gasteiger partial charge in [0.2, 0.25) is 0 Å². The second-order valence-electron chi connectivity index (χ2n) is 5.03. The van der Waals surface area contributed by atoms with Crippen LogP contribution in [0.2, 0.25) is 5.02 Å². The summed E-state index contributed by atoms with van der Waals surface area (Å²) in [6.45, 7) is -0.289. The van der Waals surface area contributed by atoms with E-state index < -0.39 is 6.61 Å². The Labute approximate surface area is 135 Å². The van der Waals surface area contributed by atoms with Gasteiger partial charge < -0.3 is 10.1 Å². The summed E-state index contributed by atoms with van der Waals surface area (Å²) in [6.07, 6.45) is 2.12. The second kappa shape index (κ2) is 8.73. The smallest absolute Gasteiger partial charge is 0.387 e. The van der Waals surface area contributed by atoms with E-state index in [-0.39, 0.29) is 18.2 Å². The molecule has 1 heterocycles. The molecule has 1 aromatic rings. The van der Waals surface area contributed by atoms with E-state index in [0.29, 0.717) is 23.2 Å². The van der Waals surface area contributed by atoms with Crippen LogP contribution < -0.4 is 10.1 Å². The summed E-state index contributed by atoms with van der Waals surface area (Å²) in [5, 5.41) is 3.84. The summed E-state index contributed by atoms with van der Waals surface area (Å²) in [7, 11) is 2.00. The Balaban J connectivity index is 0.00000220. The molecule has 0 amide bonds. The monoisotopic (exact) mass is 340 g/mol. The summed E-state index contributed by atoms with van der Waals surface area (Å²) in [6, 6.07) is 5.21. The molecule has 1 aliphatic heterocycles. The highest BCUT2D eigenvalue weighted by Crippen LogP contribution is 2.26. The van der Waals surface area contributed by atoms with Gasteiger partial charge >= 0.3 is 6.61 Å². The van der Waals surface area contributed by atoms with Crippen LogP contribution in [0.5, 0.6) is 5.75 Å². The van der Waals surface area contributed by atoms with Crippen molar-refractivity contribution >= 4 is 24.0 Å². The van der Waals surface area contributed by atoms with Gasteiger partial charge in [0.15, 0.2) is 0 Å². The van der Waals surface area contributed by atoms with Crippen LogP contribution in [0.15, 0.2) is 18.2 Å². The predicted molar refractivity (Wildman–Crippen MR) is 82.7 cm³/mol. The van der Waals surface area contributed by atoms with Gasteiger partial charge in [-0.1, -0.05) is 11.6 Å². The molecule has 0 aliphatic carbocycles. The lowest BCUT2D eigenvalue weighted by Gasteiger charge is -2.32. The molecule has 1 saturated heterocycles. The number of benzene rings is 1. The van der Waals surface area contributed by atoms with Gasteiger partial charge in [-0.3, -0.25) is 4.90 Å². The number of piperidine rings is 1. The van der Waals surface area contributed by atoms with E-state index in [9.17, 15) is 8.78 Å². The van der Waals surface area contributed by atoms with Gasteiger partial charge in [0, 0.05) is 23.2 Å². The topological polar surface area (TPSA) is 24.5 Å². The van der Waals surface area contributed by atoms with E-state index in [2.05, 4.69) is 15.0 Å². The lowest BCUT2D eigenvalue weighted by Crippen LogP contribution is -2.40. The molecule has 1 aliphatic rings. The Bertz CT molecular complexity index is 443. The van der Waals surface area contributed by atoms with Crippen LogP contribution >= 0.6 is 24.0 Å². The maximum Gasteiger partial charge on any atom is 0.387 e. The van der Waals surface area contributed by atoms with Crippen LogP contribution in [0.1, 0.15) is 18.4 Å². The molecule has 1 aromatic carbocycles. The molecule has 120 valence electrons.